The van der Waals surface area contributed by atoms with Crippen LogP contribution in [-0.2, 0) is 17.9 Å². The van der Waals surface area contributed by atoms with Crippen molar-refractivity contribution in [2.45, 2.75) is 19.3 Å². The molecule has 0 amide bonds. The summed E-state index contributed by atoms with van der Waals surface area (Å²) in [5, 5.41) is 10.7. The Bertz CT molecular complexity index is 732. The van der Waals surface area contributed by atoms with Crippen LogP contribution >= 0.6 is 0 Å². The van der Waals surface area contributed by atoms with Crippen molar-refractivity contribution in [1.82, 2.24) is 14.5 Å². The summed E-state index contributed by atoms with van der Waals surface area (Å²) in [6.07, 6.45) is 7.98. The van der Waals surface area contributed by atoms with E-state index in [0.717, 1.165) is 5.69 Å². The third-order valence-electron chi connectivity index (χ3n) is 3.17. The summed E-state index contributed by atoms with van der Waals surface area (Å²) >= 11 is 0. The second-order valence-corrected chi connectivity index (χ2v) is 4.72. The third kappa shape index (κ3) is 2.89. The van der Waals surface area contributed by atoms with E-state index in [1.165, 1.54) is 6.20 Å². The van der Waals surface area contributed by atoms with Crippen LogP contribution in [0.2, 0.25) is 0 Å². The first-order valence-corrected chi connectivity index (χ1v) is 6.53. The molecule has 1 atom stereocenters. The zero-order valence-electron chi connectivity index (χ0n) is 11.5. The van der Waals surface area contributed by atoms with E-state index in [0.29, 0.717) is 18.7 Å². The molecule has 0 unspecified atom stereocenters. The monoisotopic (exact) mass is 300 g/mol. The molecular weight excluding hydrogens is 288 g/mol. The van der Waals surface area contributed by atoms with E-state index in [-0.39, 0.29) is 24.5 Å². The Hall–Kier alpha value is -2.92. The third-order valence-corrected chi connectivity index (χ3v) is 3.17. The first kappa shape index (κ1) is 14.0. The van der Waals surface area contributed by atoms with Gasteiger partial charge >= 0.3 is 11.8 Å². The Balaban J connectivity index is 1.60. The van der Waals surface area contributed by atoms with E-state index in [1.807, 2.05) is 0 Å². The lowest BCUT2D eigenvalue weighted by Crippen LogP contribution is -2.32. The van der Waals surface area contributed by atoms with Crippen molar-refractivity contribution in [3.63, 3.8) is 0 Å². The van der Waals surface area contributed by atoms with Gasteiger partial charge < -0.3 is 19.6 Å². The highest BCUT2D eigenvalue weighted by atomic mass is 16.6. The van der Waals surface area contributed by atoms with Crippen LogP contribution in [0.4, 0.5) is 5.82 Å². The molecule has 0 spiro atoms. The predicted octanol–water partition coefficient (Wildman–Crippen LogP) is 1.15. The van der Waals surface area contributed by atoms with Crippen molar-refractivity contribution in [3.05, 3.63) is 45.9 Å². The Kier molecular flexibility index (Phi) is 3.72. The first-order valence-electron chi connectivity index (χ1n) is 6.53. The Morgan fingerprint density at radius 3 is 3.14 bits per heavy atom. The molecule has 0 radical (unpaired) electrons. The van der Waals surface area contributed by atoms with Crippen molar-refractivity contribution < 1.29 is 14.4 Å². The SMILES string of the molecule is C#Cc1ccc(CO[C@@H]2COc3nc([N+](=O)[O-])cn3C2)nc1. The van der Waals surface area contributed by atoms with E-state index in [4.69, 9.17) is 15.9 Å². The van der Waals surface area contributed by atoms with Crippen molar-refractivity contribution >= 4 is 5.82 Å². The summed E-state index contributed by atoms with van der Waals surface area (Å²) in [5.74, 6) is 2.26. The molecule has 22 heavy (non-hydrogen) atoms. The topological polar surface area (TPSA) is 92.3 Å². The van der Waals surface area contributed by atoms with Gasteiger partial charge in [-0.25, -0.2) is 0 Å². The van der Waals surface area contributed by atoms with Gasteiger partial charge in [0.05, 0.1) is 18.8 Å². The average Bonchev–Trinajstić information content (AvgIpc) is 2.97. The maximum absolute atomic E-state index is 10.7. The van der Waals surface area contributed by atoms with Crippen LogP contribution in [0.3, 0.4) is 0 Å². The minimum Gasteiger partial charge on any atom is -0.443 e. The van der Waals surface area contributed by atoms with E-state index < -0.39 is 4.92 Å². The number of fused-ring (bicyclic) bond motifs is 1. The number of nitro groups is 1. The van der Waals surface area contributed by atoms with Gasteiger partial charge in [-0.3, -0.25) is 9.55 Å². The number of imidazole rings is 1. The van der Waals surface area contributed by atoms with Crippen molar-refractivity contribution in [3.8, 4) is 18.4 Å². The lowest BCUT2D eigenvalue weighted by molar-refractivity contribution is -0.389. The maximum atomic E-state index is 10.7. The normalized spacial score (nSPS) is 16.4. The van der Waals surface area contributed by atoms with Crippen LogP contribution in [0.5, 0.6) is 6.01 Å². The lowest BCUT2D eigenvalue weighted by Gasteiger charge is -2.22. The zero-order chi connectivity index (χ0) is 15.5. The van der Waals surface area contributed by atoms with Gasteiger partial charge in [-0.2, -0.15) is 0 Å². The van der Waals surface area contributed by atoms with E-state index >= 15 is 0 Å². The van der Waals surface area contributed by atoms with Crippen LogP contribution in [0.1, 0.15) is 11.3 Å². The van der Waals surface area contributed by atoms with Gasteiger partial charge in [-0.15, -0.1) is 6.42 Å². The molecule has 0 N–H and O–H groups in total. The minimum absolute atomic E-state index is 0.226. The predicted molar refractivity (Wildman–Crippen MR) is 75.1 cm³/mol. The second kappa shape index (κ2) is 5.83. The molecular formula is C14H12N4O4. The van der Waals surface area contributed by atoms with Gasteiger partial charge in [0.2, 0.25) is 0 Å². The molecule has 3 rings (SSSR count). The molecule has 1 aliphatic rings. The van der Waals surface area contributed by atoms with Gasteiger partial charge in [0.25, 0.3) is 0 Å². The maximum Gasteiger partial charge on any atom is 0.414 e. The van der Waals surface area contributed by atoms with Gasteiger partial charge in [-0.1, -0.05) is 5.92 Å². The molecule has 2 aromatic rings. The molecule has 8 nitrogen and oxygen atoms in total. The number of rotatable bonds is 4. The smallest absolute Gasteiger partial charge is 0.414 e. The molecule has 1 aliphatic heterocycles. The van der Waals surface area contributed by atoms with E-state index in [1.54, 1.807) is 22.9 Å². The first-order chi connectivity index (χ1) is 10.7. The van der Waals surface area contributed by atoms with Crippen LogP contribution in [0.25, 0.3) is 0 Å². The summed E-state index contributed by atoms with van der Waals surface area (Å²) < 4.78 is 12.6. The minimum atomic E-state index is -0.554. The molecule has 0 saturated carbocycles. The fraction of sp³-hybridized carbons (Fsp3) is 0.286. The van der Waals surface area contributed by atoms with E-state index in [2.05, 4.69) is 15.9 Å². The number of pyridine rings is 1. The van der Waals surface area contributed by atoms with Gasteiger partial charge in [0.1, 0.15) is 18.9 Å². The quantitative estimate of drug-likeness (QED) is 0.477. The van der Waals surface area contributed by atoms with Gasteiger partial charge in [0.15, 0.2) is 0 Å². The van der Waals surface area contributed by atoms with Crippen molar-refractivity contribution in [2.75, 3.05) is 6.61 Å². The molecule has 3 heterocycles. The van der Waals surface area contributed by atoms with Crippen LogP contribution in [0.15, 0.2) is 24.5 Å². The highest BCUT2D eigenvalue weighted by Gasteiger charge is 2.28. The van der Waals surface area contributed by atoms with Gasteiger partial charge in [-0.05, 0) is 17.1 Å². The number of aromatic nitrogens is 3. The zero-order valence-corrected chi connectivity index (χ0v) is 11.5. The Labute approximate surface area is 125 Å². The number of terminal acetylenes is 1. The molecule has 0 aliphatic carbocycles. The molecule has 8 heteroatoms. The average molecular weight is 300 g/mol. The Morgan fingerprint density at radius 2 is 2.45 bits per heavy atom. The van der Waals surface area contributed by atoms with Crippen molar-refractivity contribution in [1.29, 1.82) is 0 Å². The molecule has 0 bridgehead atoms. The van der Waals surface area contributed by atoms with Crippen LogP contribution in [-0.4, -0.2) is 32.2 Å². The van der Waals surface area contributed by atoms with E-state index in [9.17, 15) is 10.1 Å². The second-order valence-electron chi connectivity index (χ2n) is 4.72. The molecule has 0 saturated heterocycles. The highest BCUT2D eigenvalue weighted by Crippen LogP contribution is 2.22. The number of ether oxygens (including phenoxy) is 2. The summed E-state index contributed by atoms with van der Waals surface area (Å²) in [5.41, 5.74) is 1.46. The highest BCUT2D eigenvalue weighted by molar-refractivity contribution is 5.29. The van der Waals surface area contributed by atoms with Crippen LogP contribution in [0, 0.1) is 22.5 Å². The Morgan fingerprint density at radius 1 is 1.59 bits per heavy atom. The molecule has 0 aromatic carbocycles. The fourth-order valence-corrected chi connectivity index (χ4v) is 2.06. The summed E-state index contributed by atoms with van der Waals surface area (Å²) in [6, 6.07) is 3.83. The standard InChI is InChI=1S/C14H12N4O4/c1-2-10-3-4-11(15-5-10)8-21-12-6-17-7-13(18(19)20)16-14(17)22-9-12/h1,3-5,7,12H,6,8-9H2/t12-/m0/s1. The summed E-state index contributed by atoms with van der Waals surface area (Å²) in [6.45, 7) is 1.04. The fourth-order valence-electron chi connectivity index (χ4n) is 2.06. The molecule has 2 aromatic heterocycles. The summed E-state index contributed by atoms with van der Waals surface area (Å²) in [4.78, 5) is 18.1. The number of nitrogens with zero attached hydrogens (tertiary/aromatic N) is 4. The number of hydrogen-bond acceptors (Lipinski definition) is 6. The summed E-state index contributed by atoms with van der Waals surface area (Å²) in [7, 11) is 0. The number of hydrogen-bond donors (Lipinski definition) is 0. The van der Waals surface area contributed by atoms with Gasteiger partial charge in [0, 0.05) is 16.7 Å². The lowest BCUT2D eigenvalue weighted by atomic mass is 10.2. The molecule has 112 valence electrons. The molecule has 0 fully saturated rings. The van der Waals surface area contributed by atoms with Crippen LogP contribution < -0.4 is 4.74 Å². The van der Waals surface area contributed by atoms with Crippen molar-refractivity contribution in [2.24, 2.45) is 0 Å². The largest absolute Gasteiger partial charge is 0.443 e.